The molecule has 0 radical (unpaired) electrons. The molecule has 0 aliphatic carbocycles. The van der Waals surface area contributed by atoms with Gasteiger partial charge >= 0.3 is 6.03 Å². The molecule has 2 aliphatic rings. The first-order valence-electron chi connectivity index (χ1n) is 8.58. The zero-order chi connectivity index (χ0) is 16.9. The molecule has 2 fully saturated rings. The molecule has 1 aromatic carbocycles. The summed E-state index contributed by atoms with van der Waals surface area (Å²) in [5, 5.41) is 2.96. The number of benzene rings is 1. The van der Waals surface area contributed by atoms with E-state index < -0.39 is 6.08 Å². The van der Waals surface area contributed by atoms with Gasteiger partial charge in [0.1, 0.15) is 0 Å². The van der Waals surface area contributed by atoms with Crippen molar-refractivity contribution in [1.82, 2.24) is 4.90 Å². The lowest BCUT2D eigenvalue weighted by Crippen LogP contribution is -2.40. The van der Waals surface area contributed by atoms with E-state index in [4.69, 9.17) is 0 Å². The predicted molar refractivity (Wildman–Crippen MR) is 91.6 cm³/mol. The van der Waals surface area contributed by atoms with Crippen molar-refractivity contribution in [3.05, 3.63) is 35.9 Å². The Balaban J connectivity index is 1.66. The van der Waals surface area contributed by atoms with Crippen molar-refractivity contribution >= 4 is 17.4 Å². The standard InChI is InChI=1S/C18H23F2N3O/c19-17(20)14-8-12-23(13-9-14)18(24)21-15-6-2-3-7-16(15)22-10-4-1-5-11-22/h2-3,6-7H,1,4-5,8-13H2,(H,21,24). The minimum absolute atomic E-state index is 0.174. The van der Waals surface area contributed by atoms with Crippen LogP contribution in [0.4, 0.5) is 25.0 Å². The van der Waals surface area contributed by atoms with Gasteiger partial charge in [0.25, 0.3) is 6.08 Å². The van der Waals surface area contributed by atoms with E-state index in [2.05, 4.69) is 10.2 Å². The Hall–Kier alpha value is -2.11. The van der Waals surface area contributed by atoms with Crippen LogP contribution >= 0.6 is 0 Å². The second kappa shape index (κ2) is 7.64. The molecule has 0 bridgehead atoms. The first kappa shape index (κ1) is 16.7. The molecule has 1 N–H and O–H groups in total. The summed E-state index contributed by atoms with van der Waals surface area (Å²) in [5.74, 6) is 0. The second-order valence-corrected chi connectivity index (χ2v) is 6.35. The van der Waals surface area contributed by atoms with Gasteiger partial charge in [-0.25, -0.2) is 4.79 Å². The predicted octanol–water partition coefficient (Wildman–Crippen LogP) is 4.46. The van der Waals surface area contributed by atoms with Crippen LogP contribution in [0.1, 0.15) is 32.1 Å². The summed E-state index contributed by atoms with van der Waals surface area (Å²) in [7, 11) is 0. The van der Waals surface area contributed by atoms with Crippen molar-refractivity contribution in [3.63, 3.8) is 0 Å². The highest BCUT2D eigenvalue weighted by Crippen LogP contribution is 2.29. The monoisotopic (exact) mass is 335 g/mol. The Kier molecular flexibility index (Phi) is 5.33. The molecule has 2 amide bonds. The number of piperidine rings is 2. The molecular formula is C18H23F2N3O. The molecular weight excluding hydrogens is 312 g/mol. The third-order valence-electron chi connectivity index (χ3n) is 4.76. The molecule has 0 atom stereocenters. The summed E-state index contributed by atoms with van der Waals surface area (Å²) in [4.78, 5) is 16.4. The number of halogens is 2. The molecule has 2 saturated heterocycles. The molecule has 1 aromatic rings. The van der Waals surface area contributed by atoms with Crippen LogP contribution in [-0.4, -0.2) is 37.1 Å². The number of rotatable bonds is 2. The summed E-state index contributed by atoms with van der Waals surface area (Å²) >= 11 is 0. The smallest absolute Gasteiger partial charge is 0.321 e. The molecule has 0 unspecified atom stereocenters. The first-order valence-corrected chi connectivity index (χ1v) is 8.58. The number of hydrogen-bond donors (Lipinski definition) is 1. The van der Waals surface area contributed by atoms with Gasteiger partial charge < -0.3 is 15.1 Å². The van der Waals surface area contributed by atoms with E-state index >= 15 is 0 Å². The van der Waals surface area contributed by atoms with Gasteiger partial charge in [0.2, 0.25) is 0 Å². The zero-order valence-electron chi connectivity index (χ0n) is 13.7. The lowest BCUT2D eigenvalue weighted by atomic mass is 10.1. The maximum absolute atomic E-state index is 12.6. The molecule has 4 nitrogen and oxygen atoms in total. The van der Waals surface area contributed by atoms with E-state index in [0.29, 0.717) is 13.1 Å². The fraction of sp³-hybridized carbons (Fsp3) is 0.500. The summed E-state index contributed by atoms with van der Waals surface area (Å²) in [6, 6.07) is 7.59. The molecule has 6 heteroatoms. The second-order valence-electron chi connectivity index (χ2n) is 6.35. The van der Waals surface area contributed by atoms with Gasteiger partial charge in [0, 0.05) is 26.2 Å². The normalized spacial score (nSPS) is 18.5. The van der Waals surface area contributed by atoms with Crippen molar-refractivity contribution in [3.8, 4) is 0 Å². The fourth-order valence-corrected chi connectivity index (χ4v) is 3.35. The highest BCUT2D eigenvalue weighted by Gasteiger charge is 2.23. The maximum atomic E-state index is 12.6. The number of nitrogens with zero attached hydrogens (tertiary/aromatic N) is 2. The van der Waals surface area contributed by atoms with Gasteiger partial charge in [-0.3, -0.25) is 0 Å². The molecule has 0 spiro atoms. The van der Waals surface area contributed by atoms with Crippen LogP contribution in [0.15, 0.2) is 35.9 Å². The molecule has 2 aliphatic heterocycles. The first-order chi connectivity index (χ1) is 11.6. The van der Waals surface area contributed by atoms with Crippen molar-refractivity contribution in [2.45, 2.75) is 32.1 Å². The van der Waals surface area contributed by atoms with Crippen LogP contribution in [0.5, 0.6) is 0 Å². The lowest BCUT2D eigenvalue weighted by Gasteiger charge is -2.32. The van der Waals surface area contributed by atoms with Gasteiger partial charge in [0.15, 0.2) is 0 Å². The van der Waals surface area contributed by atoms with Crippen LogP contribution in [0, 0.1) is 0 Å². The number of hydrogen-bond acceptors (Lipinski definition) is 2. The Morgan fingerprint density at radius 2 is 1.62 bits per heavy atom. The zero-order valence-corrected chi connectivity index (χ0v) is 13.7. The topological polar surface area (TPSA) is 35.6 Å². The van der Waals surface area contributed by atoms with Crippen LogP contribution in [0.2, 0.25) is 0 Å². The summed E-state index contributed by atoms with van der Waals surface area (Å²) < 4.78 is 25.2. The molecule has 24 heavy (non-hydrogen) atoms. The third-order valence-corrected chi connectivity index (χ3v) is 4.76. The number of urea groups is 1. The summed E-state index contributed by atoms with van der Waals surface area (Å²) in [6.45, 7) is 2.68. The SMILES string of the molecule is O=C(Nc1ccccc1N1CCCCC1)N1CCC(=C(F)F)CC1. The third kappa shape index (κ3) is 3.86. The number of para-hydroxylation sites is 2. The van der Waals surface area contributed by atoms with Crippen LogP contribution in [0.25, 0.3) is 0 Å². The summed E-state index contributed by atoms with van der Waals surface area (Å²) in [5.41, 5.74) is 2.01. The average molecular weight is 335 g/mol. The summed E-state index contributed by atoms with van der Waals surface area (Å²) in [6.07, 6.45) is 2.49. The van der Waals surface area contributed by atoms with Gasteiger partial charge in [-0.15, -0.1) is 0 Å². The number of nitrogens with one attached hydrogen (secondary N) is 1. The molecule has 130 valence electrons. The highest BCUT2D eigenvalue weighted by molar-refractivity contribution is 5.93. The van der Waals surface area contributed by atoms with E-state index in [-0.39, 0.29) is 24.4 Å². The quantitative estimate of drug-likeness (QED) is 0.866. The van der Waals surface area contributed by atoms with Crippen LogP contribution in [-0.2, 0) is 0 Å². The van der Waals surface area contributed by atoms with Gasteiger partial charge in [-0.1, -0.05) is 12.1 Å². The lowest BCUT2D eigenvalue weighted by molar-refractivity contribution is 0.206. The van der Waals surface area contributed by atoms with Gasteiger partial charge in [-0.2, -0.15) is 8.78 Å². The minimum atomic E-state index is -1.59. The largest absolute Gasteiger partial charge is 0.370 e. The molecule has 0 saturated carbocycles. The van der Waals surface area contributed by atoms with E-state index in [1.54, 1.807) is 4.90 Å². The van der Waals surface area contributed by atoms with Gasteiger partial charge in [-0.05, 0) is 49.8 Å². The molecule has 0 aromatic heterocycles. The van der Waals surface area contributed by atoms with Crippen molar-refractivity contribution in [2.24, 2.45) is 0 Å². The van der Waals surface area contributed by atoms with Crippen molar-refractivity contribution in [2.75, 3.05) is 36.4 Å². The average Bonchev–Trinajstić information content (AvgIpc) is 2.63. The number of anilines is 2. The Bertz CT molecular complexity index is 612. The van der Waals surface area contributed by atoms with Crippen LogP contribution in [0.3, 0.4) is 0 Å². The number of carbonyl (C=O) groups excluding carboxylic acids is 1. The maximum Gasteiger partial charge on any atom is 0.321 e. The Morgan fingerprint density at radius 3 is 2.29 bits per heavy atom. The van der Waals surface area contributed by atoms with E-state index in [0.717, 1.165) is 37.3 Å². The fourth-order valence-electron chi connectivity index (χ4n) is 3.35. The minimum Gasteiger partial charge on any atom is -0.370 e. The molecule has 2 heterocycles. The Morgan fingerprint density at radius 1 is 0.958 bits per heavy atom. The van der Waals surface area contributed by atoms with E-state index in [1.807, 2.05) is 24.3 Å². The van der Waals surface area contributed by atoms with E-state index in [1.165, 1.54) is 6.42 Å². The molecule has 3 rings (SSSR count). The number of carbonyl (C=O) groups is 1. The van der Waals surface area contributed by atoms with Gasteiger partial charge in [0.05, 0.1) is 11.4 Å². The van der Waals surface area contributed by atoms with Crippen LogP contribution < -0.4 is 10.2 Å². The Labute approximate surface area is 141 Å². The highest BCUT2D eigenvalue weighted by atomic mass is 19.3. The van der Waals surface area contributed by atoms with E-state index in [9.17, 15) is 13.6 Å². The number of likely N-dealkylation sites (tertiary alicyclic amines) is 1. The number of amides is 2. The van der Waals surface area contributed by atoms with Crippen molar-refractivity contribution < 1.29 is 13.6 Å². The van der Waals surface area contributed by atoms with Crippen molar-refractivity contribution in [1.29, 1.82) is 0 Å².